The predicted octanol–water partition coefficient (Wildman–Crippen LogP) is 13.2. The Morgan fingerprint density at radius 3 is 0.930 bits per heavy atom. The van der Waals surface area contributed by atoms with Crippen molar-refractivity contribution >= 4 is 90.7 Å². The first-order valence-corrected chi connectivity index (χ1v) is 24.8. The second kappa shape index (κ2) is 28.3. The summed E-state index contributed by atoms with van der Waals surface area (Å²) in [7, 11) is -8.98. The van der Waals surface area contributed by atoms with Gasteiger partial charge in [-0.2, -0.15) is 0 Å². The topological polar surface area (TPSA) is 114 Å². The maximum atomic E-state index is 11.9. The monoisotopic (exact) mass is 944 g/mol. The van der Waals surface area contributed by atoms with Gasteiger partial charge in [0.15, 0.2) is 0 Å². The van der Waals surface area contributed by atoms with E-state index in [4.69, 9.17) is 0 Å². The van der Waals surface area contributed by atoms with Crippen molar-refractivity contribution in [3.8, 4) is 0 Å². The summed E-state index contributed by atoms with van der Waals surface area (Å²) in [6.45, 7) is 8.83. The van der Waals surface area contributed by atoms with E-state index in [0.717, 1.165) is 86.1 Å². The normalized spacial score (nSPS) is 11.8. The fraction of sp³-hybridized carbons (Fsp3) is 0.583. The first kappa shape index (κ1) is 51.9. The molecule has 0 saturated carbocycles. The Labute approximate surface area is 387 Å². The van der Waals surface area contributed by atoms with E-state index in [1.165, 1.54) is 101 Å². The maximum absolute atomic E-state index is 11.9. The van der Waals surface area contributed by atoms with Crippen molar-refractivity contribution in [3.05, 3.63) is 82.9 Å². The molecule has 0 fully saturated rings. The average molecular weight is 945 g/mol. The number of rotatable bonds is 26. The van der Waals surface area contributed by atoms with E-state index in [0.29, 0.717) is 10.8 Å². The molecule has 312 valence electrons. The third-order valence-corrected chi connectivity index (χ3v) is 12.9. The first-order valence-electron chi connectivity index (χ1n) is 22.0. The molecule has 4 aromatic rings. The first-order chi connectivity index (χ1) is 27.0. The van der Waals surface area contributed by atoms with Crippen LogP contribution in [-0.2, 0) is 45.9 Å². The van der Waals surface area contributed by atoms with Crippen molar-refractivity contribution in [1.29, 1.82) is 0 Å². The van der Waals surface area contributed by atoms with Crippen LogP contribution in [0.15, 0.2) is 70.5 Å². The van der Waals surface area contributed by atoms with Gasteiger partial charge in [-0.1, -0.05) is 179 Å². The van der Waals surface area contributed by atoms with Crippen LogP contribution in [0, 0.1) is 0 Å². The summed E-state index contributed by atoms with van der Waals surface area (Å²) in [4.78, 5) is -0.109. The Morgan fingerprint density at radius 1 is 0.386 bits per heavy atom. The Balaban J connectivity index is 0.000000387. The van der Waals surface area contributed by atoms with Crippen molar-refractivity contribution in [2.45, 2.75) is 192 Å². The smallest absolute Gasteiger partial charge is 0.744 e. The van der Waals surface area contributed by atoms with Gasteiger partial charge < -0.3 is 9.11 Å². The minimum Gasteiger partial charge on any atom is -0.744 e. The molecule has 0 amide bonds. The molecular formula is C48H70BaO6S2. The number of benzene rings is 4. The summed E-state index contributed by atoms with van der Waals surface area (Å²) in [6, 6.07) is 18.3. The summed E-state index contributed by atoms with van der Waals surface area (Å²) in [5, 5.41) is 3.04. The van der Waals surface area contributed by atoms with Crippen LogP contribution in [0.5, 0.6) is 0 Å². The molecule has 0 spiro atoms. The van der Waals surface area contributed by atoms with Gasteiger partial charge in [0.25, 0.3) is 0 Å². The SMILES string of the molecule is CCCCCCCc1cc(S(=O)(=O)[O-])c2ccccc2c1CCCCCCC.CCCCCCCc1cc(S(=O)(=O)[O-])c2ccccc2c1CCCCCCC.[Ba+2]. The molecule has 6 nitrogen and oxygen atoms in total. The Bertz CT molecular complexity index is 1830. The van der Waals surface area contributed by atoms with Crippen LogP contribution in [0.2, 0.25) is 0 Å². The minimum atomic E-state index is -4.49. The fourth-order valence-corrected chi connectivity index (χ4v) is 9.48. The summed E-state index contributed by atoms with van der Waals surface area (Å²) in [6.07, 6.45) is 27.4. The van der Waals surface area contributed by atoms with Gasteiger partial charge in [0.1, 0.15) is 20.2 Å². The van der Waals surface area contributed by atoms with E-state index in [9.17, 15) is 25.9 Å². The van der Waals surface area contributed by atoms with Gasteiger partial charge in [0.05, 0.1) is 9.79 Å². The maximum Gasteiger partial charge on any atom is 2.00 e. The molecule has 4 aromatic carbocycles. The molecule has 0 N–H and O–H groups in total. The molecule has 57 heavy (non-hydrogen) atoms. The van der Waals surface area contributed by atoms with Crippen molar-refractivity contribution in [1.82, 2.24) is 0 Å². The van der Waals surface area contributed by atoms with Gasteiger partial charge in [0.2, 0.25) is 0 Å². The van der Waals surface area contributed by atoms with E-state index in [1.54, 1.807) is 24.3 Å². The quantitative estimate of drug-likeness (QED) is 0.0352. The van der Waals surface area contributed by atoms with Crippen molar-refractivity contribution in [3.63, 3.8) is 0 Å². The molecule has 9 heteroatoms. The van der Waals surface area contributed by atoms with E-state index < -0.39 is 20.2 Å². The molecule has 4 rings (SSSR count). The molecule has 0 aromatic heterocycles. The van der Waals surface area contributed by atoms with Crippen molar-refractivity contribution in [2.24, 2.45) is 0 Å². The van der Waals surface area contributed by atoms with Crippen LogP contribution in [0.3, 0.4) is 0 Å². The van der Waals surface area contributed by atoms with Crippen LogP contribution < -0.4 is 0 Å². The standard InChI is InChI=1S/2C24H36O3S.Ba/c2*1-3-5-7-9-11-15-20-19-24(28(25,26)27)23-18-14-13-17-22(23)21(20)16-12-10-8-6-4-2;/h2*13-14,17-19H,3-12,15-16H2,1-2H3,(H,25,26,27);/q;;+2/p-2. The molecule has 0 heterocycles. The summed E-state index contributed by atoms with van der Waals surface area (Å²) < 4.78 is 71.4. The molecular weight excluding hydrogens is 874 g/mol. The van der Waals surface area contributed by atoms with Gasteiger partial charge in [-0.3, -0.25) is 0 Å². The molecule has 0 unspecified atom stereocenters. The molecule has 0 atom stereocenters. The number of fused-ring (bicyclic) bond motifs is 2. The minimum absolute atomic E-state index is 0. The number of hydrogen-bond donors (Lipinski definition) is 0. The molecule has 0 radical (unpaired) electrons. The van der Waals surface area contributed by atoms with Crippen LogP contribution in [0.25, 0.3) is 21.5 Å². The molecule has 0 aliphatic heterocycles. The van der Waals surface area contributed by atoms with Crippen LogP contribution in [0.4, 0.5) is 0 Å². The number of aryl methyl sites for hydroxylation is 4. The molecule has 0 aliphatic carbocycles. The summed E-state index contributed by atoms with van der Waals surface area (Å²) >= 11 is 0. The summed E-state index contributed by atoms with van der Waals surface area (Å²) in [5.74, 6) is 0. The number of hydrogen-bond acceptors (Lipinski definition) is 6. The van der Waals surface area contributed by atoms with Crippen molar-refractivity contribution < 1.29 is 25.9 Å². The second-order valence-corrected chi connectivity index (χ2v) is 18.4. The molecule has 0 bridgehead atoms. The third-order valence-electron chi connectivity index (χ3n) is 11.1. The van der Waals surface area contributed by atoms with Gasteiger partial charge in [0, 0.05) is 0 Å². The zero-order valence-electron chi connectivity index (χ0n) is 35.7. The zero-order chi connectivity index (χ0) is 40.8. The fourth-order valence-electron chi connectivity index (χ4n) is 8.01. The zero-order valence-corrected chi connectivity index (χ0v) is 41.8. The number of unbranched alkanes of at least 4 members (excludes halogenated alkanes) is 16. The predicted molar refractivity (Wildman–Crippen MR) is 239 cm³/mol. The third kappa shape index (κ3) is 17.7. The van der Waals surface area contributed by atoms with E-state index in [2.05, 4.69) is 27.7 Å². The van der Waals surface area contributed by atoms with Crippen LogP contribution in [0.1, 0.15) is 178 Å². The largest absolute Gasteiger partial charge is 2.00 e. The van der Waals surface area contributed by atoms with Crippen molar-refractivity contribution in [2.75, 3.05) is 0 Å². The Kier molecular flexibility index (Phi) is 25.8. The van der Waals surface area contributed by atoms with Crippen LogP contribution >= 0.6 is 0 Å². The van der Waals surface area contributed by atoms with E-state index >= 15 is 0 Å². The van der Waals surface area contributed by atoms with Gasteiger partial charge in [-0.05, 0) is 107 Å². The molecule has 0 aliphatic rings. The average Bonchev–Trinajstić information content (AvgIpc) is 3.17. The van der Waals surface area contributed by atoms with Gasteiger partial charge in [-0.15, -0.1) is 0 Å². The molecule has 0 saturated heterocycles. The Hall–Kier alpha value is -1.21. The second-order valence-electron chi connectivity index (χ2n) is 15.7. The van der Waals surface area contributed by atoms with E-state index in [-0.39, 0.29) is 58.7 Å². The van der Waals surface area contributed by atoms with E-state index in [1.807, 2.05) is 36.4 Å². The van der Waals surface area contributed by atoms with Gasteiger partial charge in [-0.25, -0.2) is 16.8 Å². The van der Waals surface area contributed by atoms with Crippen LogP contribution in [-0.4, -0.2) is 74.8 Å². The van der Waals surface area contributed by atoms with Gasteiger partial charge >= 0.3 is 48.9 Å². The summed E-state index contributed by atoms with van der Waals surface area (Å²) in [5.41, 5.74) is 4.60. The Morgan fingerprint density at radius 2 is 0.649 bits per heavy atom.